The number of nitrogens with zero attached hydrogens (tertiary/aromatic N) is 2. The number of amides is 2. The molecule has 0 saturated carbocycles. The van der Waals surface area contributed by atoms with Gasteiger partial charge < -0.3 is 19.9 Å². The summed E-state index contributed by atoms with van der Waals surface area (Å²) in [6, 6.07) is 8.25. The molecule has 1 aliphatic heterocycles. The number of nitrogens with one attached hydrogen (secondary N) is 1. The van der Waals surface area contributed by atoms with E-state index in [4.69, 9.17) is 4.74 Å². The lowest BCUT2D eigenvalue weighted by atomic mass is 10.1. The number of ether oxygens (including phenoxy) is 1. The van der Waals surface area contributed by atoms with Crippen LogP contribution in [-0.4, -0.2) is 62.0 Å². The second-order valence-corrected chi connectivity index (χ2v) is 6.60. The van der Waals surface area contributed by atoms with Gasteiger partial charge in [-0.3, -0.25) is 9.59 Å². The molecule has 0 aliphatic carbocycles. The van der Waals surface area contributed by atoms with E-state index in [-0.39, 0.29) is 24.2 Å². The molecule has 0 radical (unpaired) electrons. The van der Waals surface area contributed by atoms with Gasteiger partial charge in [-0.25, -0.2) is 0 Å². The van der Waals surface area contributed by atoms with Gasteiger partial charge in [-0.05, 0) is 24.7 Å². The summed E-state index contributed by atoms with van der Waals surface area (Å²) >= 11 is 0. The van der Waals surface area contributed by atoms with Crippen molar-refractivity contribution in [1.29, 1.82) is 0 Å². The third-order valence-electron chi connectivity index (χ3n) is 4.60. The average Bonchev–Trinajstić information content (AvgIpc) is 2.99. The number of hydrogen-bond acceptors (Lipinski definition) is 4. The Kier molecular flexibility index (Phi) is 7.40. The number of likely N-dealkylation sites (tertiary alicyclic amines) is 1. The molecule has 0 spiro atoms. The minimum absolute atomic E-state index is 0.0294. The lowest BCUT2D eigenvalue weighted by molar-refractivity contribution is -0.129. The van der Waals surface area contributed by atoms with E-state index >= 15 is 0 Å². The average molecular weight is 347 g/mol. The third-order valence-corrected chi connectivity index (χ3v) is 4.60. The van der Waals surface area contributed by atoms with E-state index in [1.54, 1.807) is 12.0 Å². The van der Waals surface area contributed by atoms with Crippen LogP contribution in [0.25, 0.3) is 0 Å². The van der Waals surface area contributed by atoms with E-state index < -0.39 is 0 Å². The molecule has 138 valence electrons. The number of benzene rings is 1. The first-order valence-electron chi connectivity index (χ1n) is 8.84. The van der Waals surface area contributed by atoms with E-state index in [0.29, 0.717) is 26.2 Å². The van der Waals surface area contributed by atoms with Crippen LogP contribution in [-0.2, 0) is 27.4 Å². The highest BCUT2D eigenvalue weighted by molar-refractivity contribution is 5.89. The van der Waals surface area contributed by atoms with Crippen molar-refractivity contribution in [1.82, 2.24) is 15.1 Å². The van der Waals surface area contributed by atoms with Gasteiger partial charge in [0, 0.05) is 39.7 Å². The highest BCUT2D eigenvalue weighted by Gasteiger charge is 2.33. The highest BCUT2D eigenvalue weighted by Crippen LogP contribution is 2.18. The van der Waals surface area contributed by atoms with Gasteiger partial charge in [-0.2, -0.15) is 0 Å². The molecule has 1 unspecified atom stereocenters. The molecule has 1 fully saturated rings. The monoisotopic (exact) mass is 347 g/mol. The van der Waals surface area contributed by atoms with Crippen LogP contribution in [0.15, 0.2) is 24.3 Å². The molecule has 0 aromatic heterocycles. The smallest absolute Gasteiger partial charge is 0.225 e. The van der Waals surface area contributed by atoms with Crippen LogP contribution in [0.5, 0.6) is 0 Å². The fraction of sp³-hybridized carbons (Fsp3) is 0.579. The Bertz CT molecular complexity index is 591. The molecule has 1 aliphatic rings. The molecule has 1 N–H and O–H groups in total. The van der Waals surface area contributed by atoms with Crippen LogP contribution >= 0.6 is 0 Å². The predicted octanol–water partition coefficient (Wildman–Crippen LogP) is 1.25. The Morgan fingerprint density at radius 3 is 2.88 bits per heavy atom. The standard InChI is InChI=1S/C19H29N3O3/c1-4-21(2)13-16-7-5-6-15(10-16)12-20-19(24)17-11-18(23)22(14-17)8-9-25-3/h5-7,10,17H,4,8-9,11-14H2,1-3H3,(H,20,24). The Morgan fingerprint density at radius 1 is 1.40 bits per heavy atom. The molecule has 1 saturated heterocycles. The number of methoxy groups -OCH3 is 1. The van der Waals surface area contributed by atoms with Crippen molar-refractivity contribution in [2.75, 3.05) is 40.4 Å². The summed E-state index contributed by atoms with van der Waals surface area (Å²) in [5.74, 6) is -0.287. The van der Waals surface area contributed by atoms with Crippen molar-refractivity contribution in [2.45, 2.75) is 26.4 Å². The SMILES string of the molecule is CCN(C)Cc1cccc(CNC(=O)C2CC(=O)N(CCOC)C2)c1. The van der Waals surface area contributed by atoms with E-state index in [1.807, 2.05) is 12.1 Å². The van der Waals surface area contributed by atoms with Crippen LogP contribution < -0.4 is 5.32 Å². The summed E-state index contributed by atoms with van der Waals surface area (Å²) < 4.78 is 5.00. The molecule has 6 heteroatoms. The zero-order valence-electron chi connectivity index (χ0n) is 15.5. The Morgan fingerprint density at radius 2 is 2.16 bits per heavy atom. The fourth-order valence-corrected chi connectivity index (χ4v) is 2.96. The van der Waals surface area contributed by atoms with E-state index in [9.17, 15) is 9.59 Å². The maximum Gasteiger partial charge on any atom is 0.225 e. The highest BCUT2D eigenvalue weighted by atomic mass is 16.5. The molecule has 2 amide bonds. The minimum Gasteiger partial charge on any atom is -0.383 e. The van der Waals surface area contributed by atoms with E-state index in [1.165, 1.54) is 5.56 Å². The van der Waals surface area contributed by atoms with Crippen LogP contribution in [0, 0.1) is 5.92 Å². The first-order chi connectivity index (χ1) is 12.0. The van der Waals surface area contributed by atoms with Gasteiger partial charge in [0.1, 0.15) is 0 Å². The van der Waals surface area contributed by atoms with Crippen molar-refractivity contribution in [3.8, 4) is 0 Å². The van der Waals surface area contributed by atoms with Gasteiger partial charge in [-0.1, -0.05) is 31.2 Å². The summed E-state index contributed by atoms with van der Waals surface area (Å²) in [5.41, 5.74) is 2.31. The molecule has 1 aromatic rings. The summed E-state index contributed by atoms with van der Waals surface area (Å²) in [6.07, 6.45) is 0.289. The van der Waals surface area contributed by atoms with Crippen molar-refractivity contribution < 1.29 is 14.3 Å². The van der Waals surface area contributed by atoms with Crippen molar-refractivity contribution in [3.05, 3.63) is 35.4 Å². The number of carbonyl (C=O) groups is 2. The molecule has 2 rings (SSSR count). The summed E-state index contributed by atoms with van der Waals surface area (Å²) in [7, 11) is 3.69. The normalized spacial score (nSPS) is 17.4. The molecule has 25 heavy (non-hydrogen) atoms. The zero-order chi connectivity index (χ0) is 18.2. The van der Waals surface area contributed by atoms with E-state index in [2.05, 4.69) is 36.3 Å². The zero-order valence-corrected chi connectivity index (χ0v) is 15.5. The first-order valence-corrected chi connectivity index (χ1v) is 8.84. The second-order valence-electron chi connectivity index (χ2n) is 6.60. The molecular formula is C19H29N3O3. The van der Waals surface area contributed by atoms with Gasteiger partial charge >= 0.3 is 0 Å². The lowest BCUT2D eigenvalue weighted by Gasteiger charge is -2.16. The molecular weight excluding hydrogens is 318 g/mol. The van der Waals surface area contributed by atoms with Crippen LogP contribution in [0.1, 0.15) is 24.5 Å². The van der Waals surface area contributed by atoms with Gasteiger partial charge in [0.25, 0.3) is 0 Å². The summed E-state index contributed by atoms with van der Waals surface area (Å²) in [6.45, 7) is 6.04. The summed E-state index contributed by atoms with van der Waals surface area (Å²) in [4.78, 5) is 28.2. The first kappa shape index (κ1) is 19.4. The van der Waals surface area contributed by atoms with Gasteiger partial charge in [0.2, 0.25) is 11.8 Å². The summed E-state index contributed by atoms with van der Waals surface area (Å²) in [5, 5.41) is 2.97. The Balaban J connectivity index is 1.84. The topological polar surface area (TPSA) is 61.9 Å². The maximum atomic E-state index is 12.4. The van der Waals surface area contributed by atoms with Gasteiger partial charge in [0.05, 0.1) is 12.5 Å². The molecule has 1 atom stereocenters. The number of hydrogen-bond donors (Lipinski definition) is 1. The van der Waals surface area contributed by atoms with Gasteiger partial charge in [-0.15, -0.1) is 0 Å². The van der Waals surface area contributed by atoms with E-state index in [0.717, 1.165) is 18.7 Å². The van der Waals surface area contributed by atoms with Crippen molar-refractivity contribution in [2.24, 2.45) is 5.92 Å². The van der Waals surface area contributed by atoms with Crippen LogP contribution in [0.4, 0.5) is 0 Å². The predicted molar refractivity (Wildman–Crippen MR) is 96.9 cm³/mol. The van der Waals surface area contributed by atoms with Crippen LogP contribution in [0.3, 0.4) is 0 Å². The number of carbonyl (C=O) groups excluding carboxylic acids is 2. The molecule has 1 heterocycles. The molecule has 1 aromatic carbocycles. The minimum atomic E-state index is -0.265. The van der Waals surface area contributed by atoms with Crippen molar-refractivity contribution >= 4 is 11.8 Å². The molecule has 0 bridgehead atoms. The maximum absolute atomic E-state index is 12.4. The van der Waals surface area contributed by atoms with Crippen LogP contribution in [0.2, 0.25) is 0 Å². The van der Waals surface area contributed by atoms with Crippen molar-refractivity contribution in [3.63, 3.8) is 0 Å². The number of rotatable bonds is 9. The Hall–Kier alpha value is -1.92. The quantitative estimate of drug-likeness (QED) is 0.730. The lowest BCUT2D eigenvalue weighted by Crippen LogP contribution is -2.33. The Labute approximate surface area is 150 Å². The fourth-order valence-electron chi connectivity index (χ4n) is 2.96. The molecule has 6 nitrogen and oxygen atoms in total. The third kappa shape index (κ3) is 5.83. The second kappa shape index (κ2) is 9.53. The largest absolute Gasteiger partial charge is 0.383 e. The van der Waals surface area contributed by atoms with Gasteiger partial charge in [0.15, 0.2) is 0 Å².